The zero-order valence-corrected chi connectivity index (χ0v) is 23.4. The predicted molar refractivity (Wildman–Crippen MR) is 150 cm³/mol. The van der Waals surface area contributed by atoms with Crippen LogP contribution in [0.25, 0.3) is 22.2 Å². The lowest BCUT2D eigenvalue weighted by Gasteiger charge is -2.26. The highest BCUT2D eigenvalue weighted by Crippen LogP contribution is 2.42. The van der Waals surface area contributed by atoms with Gasteiger partial charge in [-0.05, 0) is 76.5 Å². The van der Waals surface area contributed by atoms with Gasteiger partial charge in [-0.25, -0.2) is 9.36 Å². The molecule has 39 heavy (non-hydrogen) atoms. The molecule has 0 radical (unpaired) electrons. The highest BCUT2D eigenvalue weighted by molar-refractivity contribution is 6.34. The number of fused-ring (bicyclic) bond motifs is 2. The fourth-order valence-corrected chi connectivity index (χ4v) is 5.74. The summed E-state index contributed by atoms with van der Waals surface area (Å²) in [5, 5.41) is 4.18. The number of ether oxygens (including phenoxy) is 3. The third-order valence-corrected chi connectivity index (χ3v) is 7.79. The Hall–Kier alpha value is -3.07. The second-order valence-electron chi connectivity index (χ2n) is 11.6. The Morgan fingerprint density at radius 1 is 1.15 bits per heavy atom. The summed E-state index contributed by atoms with van der Waals surface area (Å²) in [5.74, 6) is 0.231. The standard InChI is InChI=1S/C30H34ClN3O5/c1-30(2,3)39-29(36)34-23-8-7-18(15-33-9-5-4-6-10-33)11-19(23)12-24(34)21-13-25(38-17-20-16-37-20)27(31)22-14-32-28(35)26(21)22/h7-8,11-13,20H,4-6,9-10,14-17H2,1-3H3,(H,32,35). The molecule has 1 unspecified atom stereocenters. The third kappa shape index (κ3) is 5.38. The van der Waals surface area contributed by atoms with E-state index in [1.54, 1.807) is 10.6 Å². The minimum atomic E-state index is -0.697. The van der Waals surface area contributed by atoms with Crippen molar-refractivity contribution >= 4 is 34.5 Å². The molecule has 1 aromatic heterocycles. The van der Waals surface area contributed by atoms with Crippen LogP contribution in [0.3, 0.4) is 0 Å². The van der Waals surface area contributed by atoms with Crippen LogP contribution in [0.5, 0.6) is 5.75 Å². The molecule has 2 saturated heterocycles. The molecule has 8 nitrogen and oxygen atoms in total. The number of benzene rings is 2. The van der Waals surface area contributed by atoms with Crippen molar-refractivity contribution in [2.45, 2.75) is 64.8 Å². The molecule has 2 aromatic carbocycles. The summed E-state index contributed by atoms with van der Waals surface area (Å²) in [6.45, 7) is 9.90. The van der Waals surface area contributed by atoms with E-state index in [2.05, 4.69) is 22.3 Å². The molecule has 1 amide bonds. The van der Waals surface area contributed by atoms with Gasteiger partial charge in [0.1, 0.15) is 24.1 Å². The Morgan fingerprint density at radius 3 is 2.64 bits per heavy atom. The Labute approximate surface area is 233 Å². The summed E-state index contributed by atoms with van der Waals surface area (Å²) in [6.07, 6.45) is 3.28. The van der Waals surface area contributed by atoms with Crippen molar-refractivity contribution in [2.24, 2.45) is 0 Å². The highest BCUT2D eigenvalue weighted by atomic mass is 35.5. The van der Waals surface area contributed by atoms with Crippen LogP contribution in [0.4, 0.5) is 4.79 Å². The normalized spacial score (nSPS) is 19.2. The molecule has 206 valence electrons. The number of halogens is 1. The number of carbonyl (C=O) groups is 2. The van der Waals surface area contributed by atoms with Crippen molar-refractivity contribution in [3.05, 3.63) is 52.0 Å². The SMILES string of the molecule is CC(C)(C)OC(=O)n1c(-c2cc(OCC3CO3)c(Cl)c3c2C(=O)NC3)cc2cc(CN3CCCCC3)ccc21. The van der Waals surface area contributed by atoms with Crippen molar-refractivity contribution in [1.82, 2.24) is 14.8 Å². The van der Waals surface area contributed by atoms with Crippen LogP contribution in [0.1, 0.15) is 61.5 Å². The number of likely N-dealkylation sites (tertiary alicyclic amines) is 1. The quantitative estimate of drug-likeness (QED) is 0.393. The Morgan fingerprint density at radius 2 is 1.92 bits per heavy atom. The maximum atomic E-state index is 13.6. The first-order chi connectivity index (χ1) is 18.7. The van der Waals surface area contributed by atoms with Gasteiger partial charge in [-0.15, -0.1) is 0 Å². The number of carbonyl (C=O) groups excluding carboxylic acids is 2. The van der Waals surface area contributed by atoms with Gasteiger partial charge < -0.3 is 19.5 Å². The molecule has 0 bridgehead atoms. The number of aromatic nitrogens is 1. The molecule has 3 aliphatic rings. The number of nitrogens with one attached hydrogen (secondary N) is 1. The van der Waals surface area contributed by atoms with E-state index >= 15 is 0 Å². The van der Waals surface area contributed by atoms with Crippen LogP contribution >= 0.6 is 11.6 Å². The largest absolute Gasteiger partial charge is 0.489 e. The predicted octanol–water partition coefficient (Wildman–Crippen LogP) is 5.75. The lowest BCUT2D eigenvalue weighted by Crippen LogP contribution is -2.29. The molecule has 4 heterocycles. The van der Waals surface area contributed by atoms with Gasteiger partial charge >= 0.3 is 6.09 Å². The fraction of sp³-hybridized carbons (Fsp3) is 0.467. The molecular formula is C30H34ClN3O5. The van der Waals surface area contributed by atoms with E-state index in [-0.39, 0.29) is 12.0 Å². The maximum Gasteiger partial charge on any atom is 0.419 e. The Balaban J connectivity index is 1.49. The molecule has 3 aromatic rings. The molecule has 9 heteroatoms. The monoisotopic (exact) mass is 551 g/mol. The second kappa shape index (κ2) is 10.2. The highest BCUT2D eigenvalue weighted by Gasteiger charge is 2.33. The summed E-state index contributed by atoms with van der Waals surface area (Å²) in [7, 11) is 0. The van der Waals surface area contributed by atoms with Crippen LogP contribution in [-0.2, 0) is 22.6 Å². The van der Waals surface area contributed by atoms with E-state index in [4.69, 9.17) is 25.8 Å². The zero-order chi connectivity index (χ0) is 27.3. The summed E-state index contributed by atoms with van der Waals surface area (Å²) in [4.78, 5) is 29.2. The van der Waals surface area contributed by atoms with Gasteiger partial charge in [0.05, 0.1) is 28.4 Å². The number of amides is 1. The Bertz CT molecular complexity index is 1450. The minimum absolute atomic E-state index is 0.0454. The van der Waals surface area contributed by atoms with Gasteiger partial charge in [-0.2, -0.15) is 0 Å². The number of epoxide rings is 1. The molecule has 1 atom stereocenters. The van der Waals surface area contributed by atoms with Crippen molar-refractivity contribution < 1.29 is 23.8 Å². The average Bonchev–Trinajstić information content (AvgIpc) is 3.52. The van der Waals surface area contributed by atoms with Gasteiger partial charge in [0.2, 0.25) is 0 Å². The second-order valence-corrected chi connectivity index (χ2v) is 12.0. The van der Waals surface area contributed by atoms with Crippen LogP contribution in [0.15, 0.2) is 30.3 Å². The molecule has 0 aliphatic carbocycles. The molecule has 1 N–H and O–H groups in total. The van der Waals surface area contributed by atoms with Gasteiger partial charge in [-0.3, -0.25) is 9.69 Å². The first-order valence-corrected chi connectivity index (χ1v) is 14.0. The summed E-state index contributed by atoms with van der Waals surface area (Å²) in [5.41, 5.74) is 3.47. The van der Waals surface area contributed by atoms with Gasteiger partial charge in [0.15, 0.2) is 0 Å². The number of piperidine rings is 1. The van der Waals surface area contributed by atoms with Crippen molar-refractivity contribution in [1.29, 1.82) is 0 Å². The van der Waals surface area contributed by atoms with E-state index in [9.17, 15) is 9.59 Å². The first kappa shape index (κ1) is 26.2. The number of rotatable bonds is 6. The van der Waals surface area contributed by atoms with Crippen LogP contribution in [-0.4, -0.2) is 59.5 Å². The number of nitrogens with zero attached hydrogens (tertiary/aromatic N) is 2. The topological polar surface area (TPSA) is 85.3 Å². The molecule has 3 aliphatic heterocycles. The number of hydrogen-bond donors (Lipinski definition) is 1. The van der Waals surface area contributed by atoms with Crippen molar-refractivity contribution in [3.63, 3.8) is 0 Å². The fourth-order valence-electron chi connectivity index (χ4n) is 5.47. The average molecular weight is 552 g/mol. The minimum Gasteiger partial charge on any atom is -0.489 e. The van der Waals surface area contributed by atoms with Crippen molar-refractivity contribution in [3.8, 4) is 17.0 Å². The van der Waals surface area contributed by atoms with E-state index in [1.165, 1.54) is 24.8 Å². The van der Waals surface area contributed by atoms with Crippen LogP contribution < -0.4 is 10.1 Å². The third-order valence-electron chi connectivity index (χ3n) is 7.38. The van der Waals surface area contributed by atoms with E-state index in [0.717, 1.165) is 30.5 Å². The van der Waals surface area contributed by atoms with Gasteiger partial charge in [0, 0.05) is 29.6 Å². The maximum absolute atomic E-state index is 13.6. The van der Waals surface area contributed by atoms with Crippen LogP contribution in [0.2, 0.25) is 5.02 Å². The van der Waals surface area contributed by atoms with Gasteiger partial charge in [-0.1, -0.05) is 24.1 Å². The van der Waals surface area contributed by atoms with E-state index in [1.807, 2.05) is 32.9 Å². The van der Waals surface area contributed by atoms with E-state index < -0.39 is 11.7 Å². The summed E-state index contributed by atoms with van der Waals surface area (Å²) in [6, 6.07) is 9.90. The first-order valence-electron chi connectivity index (χ1n) is 13.7. The molecule has 0 saturated carbocycles. The van der Waals surface area contributed by atoms with Crippen LogP contribution in [0, 0.1) is 0 Å². The molecule has 0 spiro atoms. The number of hydrogen-bond acceptors (Lipinski definition) is 6. The molecular weight excluding hydrogens is 518 g/mol. The zero-order valence-electron chi connectivity index (χ0n) is 22.6. The van der Waals surface area contributed by atoms with E-state index in [0.29, 0.717) is 52.9 Å². The summed E-state index contributed by atoms with van der Waals surface area (Å²) >= 11 is 6.70. The molecule has 2 fully saturated rings. The smallest absolute Gasteiger partial charge is 0.419 e. The van der Waals surface area contributed by atoms with Crippen molar-refractivity contribution in [2.75, 3.05) is 26.3 Å². The lowest BCUT2D eigenvalue weighted by atomic mass is 9.99. The summed E-state index contributed by atoms with van der Waals surface area (Å²) < 4.78 is 18.7. The Kier molecular flexibility index (Phi) is 6.81. The lowest BCUT2D eigenvalue weighted by molar-refractivity contribution is 0.0547. The molecule has 6 rings (SSSR count). The van der Waals surface area contributed by atoms with Gasteiger partial charge in [0.25, 0.3) is 5.91 Å².